The molecule has 110 valence electrons. The molecule has 2 aliphatic rings. The minimum atomic E-state index is 0.540. The van der Waals surface area contributed by atoms with Crippen LogP contribution in [0.4, 0.5) is 0 Å². The number of ether oxygens (including phenoxy) is 1. The third kappa shape index (κ3) is 2.58. The summed E-state index contributed by atoms with van der Waals surface area (Å²) in [5, 5.41) is 8.90. The van der Waals surface area contributed by atoms with Gasteiger partial charge in [-0.05, 0) is 73.1 Å². The molecule has 1 aromatic rings. The third-order valence-corrected chi connectivity index (χ3v) is 5.40. The molecule has 3 rings (SSSR count). The number of hydrogen-bond donors (Lipinski definition) is 0. The van der Waals surface area contributed by atoms with Gasteiger partial charge < -0.3 is 4.74 Å². The Morgan fingerprint density at radius 2 is 2.19 bits per heavy atom. The first-order valence-corrected chi connectivity index (χ1v) is 7.96. The quantitative estimate of drug-likeness (QED) is 0.758. The van der Waals surface area contributed by atoms with Crippen molar-refractivity contribution in [1.29, 1.82) is 5.26 Å². The molecule has 0 saturated heterocycles. The van der Waals surface area contributed by atoms with E-state index in [1.165, 1.54) is 29.5 Å². The molecule has 0 unspecified atom stereocenters. The van der Waals surface area contributed by atoms with E-state index in [1.807, 2.05) is 0 Å². The molecule has 2 heteroatoms. The van der Waals surface area contributed by atoms with Crippen molar-refractivity contribution in [3.63, 3.8) is 0 Å². The first-order chi connectivity index (χ1) is 10.2. The number of fused-ring (bicyclic) bond motifs is 3. The Morgan fingerprint density at radius 3 is 2.95 bits per heavy atom. The fraction of sp³-hybridized carbons (Fsp3) is 0.526. The second-order valence-corrected chi connectivity index (χ2v) is 6.37. The largest absolute Gasteiger partial charge is 0.497 e. The number of nitriles is 1. The van der Waals surface area contributed by atoms with Gasteiger partial charge in [-0.1, -0.05) is 18.2 Å². The summed E-state index contributed by atoms with van der Waals surface area (Å²) in [4.78, 5) is 0. The molecule has 2 nitrogen and oxygen atoms in total. The standard InChI is InChI=1S/C19H23NO/c1-13-5-8-19-17-10-7-15(21-2)12-14(17)6-9-18(19)16(13)4-3-11-20/h7,10,12,16,18-19H,1,3-6,8-9H2,2H3/t16-,18+,19-/m1/s1. The van der Waals surface area contributed by atoms with Gasteiger partial charge in [-0.2, -0.15) is 5.26 Å². The van der Waals surface area contributed by atoms with Crippen molar-refractivity contribution in [2.75, 3.05) is 7.11 Å². The number of allylic oxidation sites excluding steroid dienone is 1. The second kappa shape index (κ2) is 5.93. The fourth-order valence-corrected chi connectivity index (χ4v) is 4.36. The normalized spacial score (nSPS) is 27.4. The molecule has 0 aromatic heterocycles. The Morgan fingerprint density at radius 1 is 1.33 bits per heavy atom. The average Bonchev–Trinajstić information content (AvgIpc) is 2.52. The monoisotopic (exact) mass is 281 g/mol. The van der Waals surface area contributed by atoms with E-state index in [0.29, 0.717) is 24.2 Å². The van der Waals surface area contributed by atoms with E-state index in [9.17, 15) is 0 Å². The van der Waals surface area contributed by atoms with Gasteiger partial charge in [0.1, 0.15) is 5.75 Å². The maximum absolute atomic E-state index is 8.90. The van der Waals surface area contributed by atoms with Gasteiger partial charge in [0, 0.05) is 6.42 Å². The van der Waals surface area contributed by atoms with E-state index in [4.69, 9.17) is 10.00 Å². The molecule has 0 amide bonds. The van der Waals surface area contributed by atoms with Crippen LogP contribution in [0, 0.1) is 23.2 Å². The molecule has 3 atom stereocenters. The number of rotatable bonds is 3. The van der Waals surface area contributed by atoms with Crippen molar-refractivity contribution in [2.24, 2.45) is 11.8 Å². The highest BCUT2D eigenvalue weighted by Gasteiger charge is 2.38. The molecule has 0 aliphatic heterocycles. The minimum Gasteiger partial charge on any atom is -0.497 e. The van der Waals surface area contributed by atoms with Gasteiger partial charge >= 0.3 is 0 Å². The Kier molecular flexibility index (Phi) is 4.01. The summed E-state index contributed by atoms with van der Waals surface area (Å²) in [6.45, 7) is 4.29. The fourth-order valence-electron chi connectivity index (χ4n) is 4.36. The van der Waals surface area contributed by atoms with Gasteiger partial charge in [0.25, 0.3) is 0 Å². The van der Waals surface area contributed by atoms with Crippen LogP contribution in [0.5, 0.6) is 5.75 Å². The van der Waals surface area contributed by atoms with Crippen LogP contribution in [0.25, 0.3) is 0 Å². The smallest absolute Gasteiger partial charge is 0.119 e. The molecular weight excluding hydrogens is 258 g/mol. The molecule has 0 radical (unpaired) electrons. The number of aryl methyl sites for hydroxylation is 1. The van der Waals surface area contributed by atoms with Crippen LogP contribution in [0.3, 0.4) is 0 Å². The summed E-state index contributed by atoms with van der Waals surface area (Å²) in [5.41, 5.74) is 4.35. The Hall–Kier alpha value is -1.75. The maximum Gasteiger partial charge on any atom is 0.119 e. The Balaban J connectivity index is 1.88. The van der Waals surface area contributed by atoms with E-state index >= 15 is 0 Å². The zero-order chi connectivity index (χ0) is 14.8. The lowest BCUT2D eigenvalue weighted by Gasteiger charge is -2.43. The Labute approximate surface area is 127 Å². The van der Waals surface area contributed by atoms with E-state index in [2.05, 4.69) is 30.8 Å². The van der Waals surface area contributed by atoms with Crippen LogP contribution >= 0.6 is 0 Å². The summed E-state index contributed by atoms with van der Waals surface area (Å²) in [7, 11) is 1.73. The molecule has 1 aromatic carbocycles. The SMILES string of the molecule is C=C1CC[C@@H]2c3ccc(OC)cc3CC[C@H]2[C@@H]1CCC#N. The lowest BCUT2D eigenvalue weighted by atomic mass is 9.61. The van der Waals surface area contributed by atoms with Crippen molar-refractivity contribution in [2.45, 2.75) is 44.4 Å². The van der Waals surface area contributed by atoms with Crippen LogP contribution in [0.1, 0.15) is 49.1 Å². The molecular formula is C19H23NO. The zero-order valence-corrected chi connectivity index (χ0v) is 12.8. The van der Waals surface area contributed by atoms with Crippen molar-refractivity contribution < 1.29 is 4.74 Å². The predicted octanol–water partition coefficient (Wildman–Crippen LogP) is 4.61. The molecule has 0 bridgehead atoms. The van der Waals surface area contributed by atoms with Gasteiger partial charge in [-0.15, -0.1) is 0 Å². The van der Waals surface area contributed by atoms with Crippen LogP contribution < -0.4 is 4.74 Å². The summed E-state index contributed by atoms with van der Waals surface area (Å²) in [6, 6.07) is 8.87. The second-order valence-electron chi connectivity index (χ2n) is 6.37. The Bertz CT molecular complexity index is 584. The van der Waals surface area contributed by atoms with Gasteiger partial charge in [0.05, 0.1) is 13.2 Å². The van der Waals surface area contributed by atoms with Gasteiger partial charge in [-0.3, -0.25) is 0 Å². The van der Waals surface area contributed by atoms with Crippen LogP contribution in [-0.4, -0.2) is 7.11 Å². The van der Waals surface area contributed by atoms with Crippen LogP contribution in [0.15, 0.2) is 30.4 Å². The first-order valence-electron chi connectivity index (χ1n) is 7.96. The number of benzene rings is 1. The number of nitrogens with zero attached hydrogens (tertiary/aromatic N) is 1. The highest BCUT2D eigenvalue weighted by Crippen LogP contribution is 2.51. The zero-order valence-electron chi connectivity index (χ0n) is 12.8. The molecule has 0 N–H and O–H groups in total. The van der Waals surface area contributed by atoms with E-state index in [1.54, 1.807) is 7.11 Å². The minimum absolute atomic E-state index is 0.540. The van der Waals surface area contributed by atoms with Crippen molar-refractivity contribution in [1.82, 2.24) is 0 Å². The van der Waals surface area contributed by atoms with Gasteiger partial charge in [0.15, 0.2) is 0 Å². The molecule has 1 fully saturated rings. The lowest BCUT2D eigenvalue weighted by molar-refractivity contribution is 0.224. The summed E-state index contributed by atoms with van der Waals surface area (Å²) in [5.74, 6) is 2.83. The van der Waals surface area contributed by atoms with Crippen molar-refractivity contribution >= 4 is 0 Å². The summed E-state index contributed by atoms with van der Waals surface area (Å²) < 4.78 is 5.36. The third-order valence-electron chi connectivity index (χ3n) is 5.40. The van der Waals surface area contributed by atoms with E-state index in [-0.39, 0.29) is 0 Å². The molecule has 2 aliphatic carbocycles. The highest BCUT2D eigenvalue weighted by molar-refractivity contribution is 5.41. The van der Waals surface area contributed by atoms with Gasteiger partial charge in [-0.25, -0.2) is 0 Å². The van der Waals surface area contributed by atoms with E-state index < -0.39 is 0 Å². The molecule has 21 heavy (non-hydrogen) atoms. The maximum atomic E-state index is 8.90. The average molecular weight is 281 g/mol. The first kappa shape index (κ1) is 14.2. The lowest BCUT2D eigenvalue weighted by Crippen LogP contribution is -2.32. The molecule has 0 heterocycles. The van der Waals surface area contributed by atoms with Crippen LogP contribution in [0.2, 0.25) is 0 Å². The predicted molar refractivity (Wildman–Crippen MR) is 84.3 cm³/mol. The number of hydrogen-bond acceptors (Lipinski definition) is 2. The topological polar surface area (TPSA) is 33.0 Å². The van der Waals surface area contributed by atoms with Crippen molar-refractivity contribution in [3.05, 3.63) is 41.5 Å². The van der Waals surface area contributed by atoms with Crippen molar-refractivity contribution in [3.8, 4) is 11.8 Å². The summed E-state index contributed by atoms with van der Waals surface area (Å²) >= 11 is 0. The van der Waals surface area contributed by atoms with E-state index in [0.717, 1.165) is 25.0 Å². The number of methoxy groups -OCH3 is 1. The van der Waals surface area contributed by atoms with Crippen LogP contribution in [-0.2, 0) is 6.42 Å². The highest BCUT2D eigenvalue weighted by atomic mass is 16.5. The molecule has 0 spiro atoms. The van der Waals surface area contributed by atoms with Gasteiger partial charge in [0.2, 0.25) is 0 Å². The summed E-state index contributed by atoms with van der Waals surface area (Å²) in [6.07, 6.45) is 6.32. The molecule has 1 saturated carbocycles.